The highest BCUT2D eigenvalue weighted by atomic mass is 35.5. The molecule has 3 aromatic rings. The molecule has 130 valence electrons. The number of halogens is 2. The molecule has 4 rings (SSSR count). The second-order valence-corrected chi connectivity index (χ2v) is 7.87. The number of aliphatic hydroxyl groups is 1. The molecular weight excluding hydrogens is 381 g/mol. The lowest BCUT2D eigenvalue weighted by atomic mass is 10.1. The Bertz CT molecular complexity index is 897. The zero-order valence-corrected chi connectivity index (χ0v) is 15.6. The molecule has 2 atom stereocenters. The predicted octanol–water partition coefficient (Wildman–Crippen LogP) is 4.20. The molecule has 2 heterocycles. The van der Waals surface area contributed by atoms with Crippen molar-refractivity contribution >= 4 is 34.5 Å². The first-order valence-electron chi connectivity index (χ1n) is 7.75. The fourth-order valence-corrected chi connectivity index (χ4v) is 4.53. The number of aromatic nitrogens is 2. The van der Waals surface area contributed by atoms with Gasteiger partial charge in [0.15, 0.2) is 0 Å². The van der Waals surface area contributed by atoms with E-state index in [9.17, 15) is 5.11 Å². The number of rotatable bonds is 4. The third-order valence-corrected chi connectivity index (χ3v) is 5.78. The van der Waals surface area contributed by atoms with Gasteiger partial charge < -0.3 is 9.63 Å². The van der Waals surface area contributed by atoms with Crippen molar-refractivity contribution in [2.24, 2.45) is 0 Å². The number of nitrogens with zero attached hydrogens (tertiary/aromatic N) is 3. The number of benzene rings is 1. The average Bonchev–Trinajstić information content (AvgIpc) is 3.25. The van der Waals surface area contributed by atoms with Gasteiger partial charge in [-0.2, -0.15) is 4.98 Å². The number of hydrogen-bond donors (Lipinski definition) is 1. The fourth-order valence-electron chi connectivity index (χ4n) is 3.30. The zero-order chi connectivity index (χ0) is 17.6. The van der Waals surface area contributed by atoms with Crippen LogP contribution in [0.5, 0.6) is 0 Å². The third kappa shape index (κ3) is 3.20. The minimum Gasteiger partial charge on any atom is -0.391 e. The molecule has 0 radical (unpaired) electrons. The van der Waals surface area contributed by atoms with Crippen molar-refractivity contribution in [1.29, 1.82) is 0 Å². The Kier molecular flexibility index (Phi) is 4.56. The lowest BCUT2D eigenvalue weighted by Gasteiger charge is -2.26. The third-order valence-electron chi connectivity index (χ3n) is 4.36. The smallest absolute Gasteiger partial charge is 0.241 e. The van der Waals surface area contributed by atoms with Gasteiger partial charge in [-0.25, -0.2) is 0 Å². The molecule has 25 heavy (non-hydrogen) atoms. The molecule has 8 heteroatoms. The molecule has 1 N–H and O–H groups in total. The van der Waals surface area contributed by atoms with Crippen molar-refractivity contribution in [2.45, 2.75) is 25.1 Å². The molecule has 0 aliphatic heterocycles. The van der Waals surface area contributed by atoms with Crippen molar-refractivity contribution in [3.05, 3.63) is 56.7 Å². The molecule has 5 nitrogen and oxygen atoms in total. The molecule has 1 aliphatic rings. The monoisotopic (exact) mass is 395 g/mol. The Balaban J connectivity index is 1.57. The molecule has 0 saturated carbocycles. The Morgan fingerprint density at radius 1 is 1.40 bits per heavy atom. The van der Waals surface area contributed by atoms with Crippen LogP contribution in [-0.4, -0.2) is 33.3 Å². The number of thiophene rings is 1. The summed E-state index contributed by atoms with van der Waals surface area (Å²) in [4.78, 5) is 7.38. The standard InChI is InChI=1S/C17H15Cl2N3O2S/c1-22(8-15-20-17(21-24-15)14-3-2-4-25-14)16-11-5-9(18)6-12(19)10(11)7-13(16)23/h2-6,13,16,23H,7-8H2,1H3. The minimum absolute atomic E-state index is 0.219. The van der Waals surface area contributed by atoms with Crippen LogP contribution < -0.4 is 0 Å². The van der Waals surface area contributed by atoms with E-state index in [1.54, 1.807) is 17.4 Å². The van der Waals surface area contributed by atoms with Gasteiger partial charge >= 0.3 is 0 Å². The van der Waals surface area contributed by atoms with Crippen LogP contribution in [0.25, 0.3) is 10.7 Å². The second-order valence-electron chi connectivity index (χ2n) is 6.08. The summed E-state index contributed by atoms with van der Waals surface area (Å²) >= 11 is 14.0. The summed E-state index contributed by atoms with van der Waals surface area (Å²) in [6.45, 7) is 0.420. The largest absolute Gasteiger partial charge is 0.391 e. The molecule has 0 bridgehead atoms. The van der Waals surface area contributed by atoms with Crippen LogP contribution in [0.2, 0.25) is 10.0 Å². The predicted molar refractivity (Wildman–Crippen MR) is 98.0 cm³/mol. The molecule has 1 aliphatic carbocycles. The van der Waals surface area contributed by atoms with Crippen LogP contribution >= 0.6 is 34.5 Å². The molecule has 0 fully saturated rings. The molecule has 2 unspecified atom stereocenters. The van der Waals surface area contributed by atoms with Gasteiger partial charge in [0.05, 0.1) is 23.6 Å². The van der Waals surface area contributed by atoms with Gasteiger partial charge in [0.25, 0.3) is 0 Å². The van der Waals surface area contributed by atoms with E-state index in [-0.39, 0.29) is 6.04 Å². The minimum atomic E-state index is -0.560. The van der Waals surface area contributed by atoms with Crippen molar-refractivity contribution in [3.63, 3.8) is 0 Å². The Morgan fingerprint density at radius 3 is 3.00 bits per heavy atom. The van der Waals surface area contributed by atoms with Crippen LogP contribution in [0.4, 0.5) is 0 Å². The summed E-state index contributed by atoms with van der Waals surface area (Å²) in [5.41, 5.74) is 1.89. The quantitative estimate of drug-likeness (QED) is 0.717. The summed E-state index contributed by atoms with van der Waals surface area (Å²) < 4.78 is 5.36. The summed E-state index contributed by atoms with van der Waals surface area (Å²) in [5.74, 6) is 1.08. The lowest BCUT2D eigenvalue weighted by molar-refractivity contribution is 0.0667. The lowest BCUT2D eigenvalue weighted by Crippen LogP contribution is -2.30. The van der Waals surface area contributed by atoms with Gasteiger partial charge in [0.1, 0.15) is 0 Å². The van der Waals surface area contributed by atoms with Crippen molar-refractivity contribution in [1.82, 2.24) is 15.0 Å². The van der Waals surface area contributed by atoms with E-state index in [1.807, 2.05) is 35.5 Å². The van der Waals surface area contributed by atoms with Gasteiger partial charge in [0, 0.05) is 16.5 Å². The first-order valence-corrected chi connectivity index (χ1v) is 9.39. The maximum Gasteiger partial charge on any atom is 0.241 e. The topological polar surface area (TPSA) is 62.4 Å². The first-order chi connectivity index (χ1) is 12.0. The van der Waals surface area contributed by atoms with Gasteiger partial charge in [-0.15, -0.1) is 11.3 Å². The summed E-state index contributed by atoms with van der Waals surface area (Å²) in [6.07, 6.45) is -0.0550. The summed E-state index contributed by atoms with van der Waals surface area (Å²) in [6, 6.07) is 7.25. The maximum atomic E-state index is 10.5. The normalized spacial score (nSPS) is 19.6. The number of likely N-dealkylation sites (N-methyl/N-ethyl adjacent to an activating group) is 1. The number of hydrogen-bond acceptors (Lipinski definition) is 6. The van der Waals surface area contributed by atoms with Gasteiger partial charge in [0.2, 0.25) is 11.7 Å². The van der Waals surface area contributed by atoms with Crippen LogP contribution in [0, 0.1) is 0 Å². The summed E-state index contributed by atoms with van der Waals surface area (Å²) in [7, 11) is 1.91. The molecule has 0 spiro atoms. The highest BCUT2D eigenvalue weighted by molar-refractivity contribution is 7.13. The summed E-state index contributed by atoms with van der Waals surface area (Å²) in [5, 5.41) is 17.7. The number of aliphatic hydroxyl groups excluding tert-OH is 1. The fraction of sp³-hybridized carbons (Fsp3) is 0.294. The van der Waals surface area contributed by atoms with E-state index in [0.717, 1.165) is 16.0 Å². The zero-order valence-electron chi connectivity index (χ0n) is 13.3. The molecule has 0 amide bonds. The van der Waals surface area contributed by atoms with Crippen LogP contribution in [0.3, 0.4) is 0 Å². The van der Waals surface area contributed by atoms with E-state index in [0.29, 0.717) is 34.7 Å². The Labute approximate surface area is 158 Å². The number of fused-ring (bicyclic) bond motifs is 1. The molecule has 2 aromatic heterocycles. The molecule has 0 saturated heterocycles. The Hall–Kier alpha value is -1.44. The molecule has 1 aromatic carbocycles. The van der Waals surface area contributed by atoms with Gasteiger partial charge in [-0.3, -0.25) is 4.90 Å². The van der Waals surface area contributed by atoms with Crippen LogP contribution in [0.1, 0.15) is 23.1 Å². The maximum absolute atomic E-state index is 10.5. The van der Waals surface area contributed by atoms with E-state index in [1.165, 1.54) is 0 Å². The average molecular weight is 396 g/mol. The van der Waals surface area contributed by atoms with Crippen molar-refractivity contribution < 1.29 is 9.63 Å². The van der Waals surface area contributed by atoms with Crippen LogP contribution in [-0.2, 0) is 13.0 Å². The van der Waals surface area contributed by atoms with E-state index < -0.39 is 6.10 Å². The first kappa shape index (κ1) is 17.0. The Morgan fingerprint density at radius 2 is 2.24 bits per heavy atom. The molecular formula is C17H15Cl2N3O2S. The van der Waals surface area contributed by atoms with Gasteiger partial charge in [-0.05, 0) is 41.8 Å². The second kappa shape index (κ2) is 6.70. The van der Waals surface area contributed by atoms with E-state index in [2.05, 4.69) is 10.1 Å². The van der Waals surface area contributed by atoms with Gasteiger partial charge in [-0.1, -0.05) is 34.4 Å². The highest BCUT2D eigenvalue weighted by Gasteiger charge is 2.36. The van der Waals surface area contributed by atoms with E-state index >= 15 is 0 Å². The van der Waals surface area contributed by atoms with Crippen molar-refractivity contribution in [3.8, 4) is 10.7 Å². The van der Waals surface area contributed by atoms with Crippen molar-refractivity contribution in [2.75, 3.05) is 7.05 Å². The SMILES string of the molecule is CN(Cc1nc(-c2cccs2)no1)C1c2cc(Cl)cc(Cl)c2CC1O. The van der Waals surface area contributed by atoms with Crippen LogP contribution in [0.15, 0.2) is 34.2 Å². The highest BCUT2D eigenvalue weighted by Crippen LogP contribution is 2.41. The van der Waals surface area contributed by atoms with E-state index in [4.69, 9.17) is 27.7 Å².